The summed E-state index contributed by atoms with van der Waals surface area (Å²) in [5, 5.41) is 3.79. The molecule has 0 bridgehead atoms. The van der Waals surface area contributed by atoms with Crippen molar-refractivity contribution in [3.05, 3.63) is 64.7 Å². The van der Waals surface area contributed by atoms with Gasteiger partial charge in [-0.1, -0.05) is 49.7 Å². The van der Waals surface area contributed by atoms with Crippen molar-refractivity contribution in [3.8, 4) is 0 Å². The summed E-state index contributed by atoms with van der Waals surface area (Å²) in [6, 6.07) is 16.1. The van der Waals surface area contributed by atoms with Crippen LogP contribution in [0.25, 0.3) is 0 Å². The van der Waals surface area contributed by atoms with E-state index in [-0.39, 0.29) is 6.03 Å². The standard InChI is InChI=1S/C22H28ClN3O/c1-17(2)19-5-9-21(10-6-19)24-22(27)26-15-13-25(14-16-26)12-11-18-3-7-20(23)8-4-18/h3-10,17H,11-16H2,1-2H3,(H,24,27). The predicted molar refractivity (Wildman–Crippen MR) is 113 cm³/mol. The minimum atomic E-state index is -0.00959. The molecule has 0 aliphatic carbocycles. The second-order valence-electron chi connectivity index (χ2n) is 7.41. The highest BCUT2D eigenvalue weighted by atomic mass is 35.5. The Kier molecular flexibility index (Phi) is 6.75. The summed E-state index contributed by atoms with van der Waals surface area (Å²) in [5.74, 6) is 0.496. The number of hydrogen-bond donors (Lipinski definition) is 1. The van der Waals surface area contributed by atoms with Gasteiger partial charge in [0, 0.05) is 43.4 Å². The number of amides is 2. The van der Waals surface area contributed by atoms with Gasteiger partial charge in [0.2, 0.25) is 0 Å². The fourth-order valence-electron chi connectivity index (χ4n) is 3.27. The Hall–Kier alpha value is -2.04. The zero-order chi connectivity index (χ0) is 19.2. The van der Waals surface area contributed by atoms with Gasteiger partial charge < -0.3 is 10.2 Å². The Morgan fingerprint density at radius 3 is 2.22 bits per heavy atom. The number of urea groups is 1. The molecule has 5 heteroatoms. The molecule has 2 amide bonds. The van der Waals surface area contributed by atoms with Crippen molar-refractivity contribution in [1.82, 2.24) is 9.80 Å². The Morgan fingerprint density at radius 1 is 1.00 bits per heavy atom. The Bertz CT molecular complexity index is 735. The monoisotopic (exact) mass is 385 g/mol. The first-order valence-electron chi connectivity index (χ1n) is 9.64. The topological polar surface area (TPSA) is 35.6 Å². The van der Waals surface area contributed by atoms with Gasteiger partial charge >= 0.3 is 6.03 Å². The molecule has 1 N–H and O–H groups in total. The summed E-state index contributed by atoms with van der Waals surface area (Å²) < 4.78 is 0. The van der Waals surface area contributed by atoms with E-state index in [4.69, 9.17) is 11.6 Å². The van der Waals surface area contributed by atoms with Gasteiger partial charge in [-0.2, -0.15) is 0 Å². The van der Waals surface area contributed by atoms with Crippen LogP contribution < -0.4 is 5.32 Å². The highest BCUT2D eigenvalue weighted by Gasteiger charge is 2.20. The van der Waals surface area contributed by atoms with Crippen LogP contribution >= 0.6 is 11.6 Å². The molecule has 0 spiro atoms. The van der Waals surface area contributed by atoms with Crippen LogP contribution in [0.15, 0.2) is 48.5 Å². The molecule has 3 rings (SSSR count). The average molecular weight is 386 g/mol. The molecule has 0 radical (unpaired) electrons. The Labute approximate surface area is 167 Å². The van der Waals surface area contributed by atoms with E-state index >= 15 is 0 Å². The van der Waals surface area contributed by atoms with Crippen LogP contribution in [0, 0.1) is 0 Å². The predicted octanol–water partition coefficient (Wildman–Crippen LogP) is 4.86. The summed E-state index contributed by atoms with van der Waals surface area (Å²) in [7, 11) is 0. The molecular weight excluding hydrogens is 358 g/mol. The normalized spacial score (nSPS) is 15.2. The van der Waals surface area contributed by atoms with Crippen LogP contribution in [-0.4, -0.2) is 48.6 Å². The summed E-state index contributed by atoms with van der Waals surface area (Å²) in [5.41, 5.74) is 3.43. The van der Waals surface area contributed by atoms with Crippen LogP contribution in [0.4, 0.5) is 10.5 Å². The van der Waals surface area contributed by atoms with Gasteiger partial charge in [-0.15, -0.1) is 0 Å². The maximum atomic E-state index is 12.5. The summed E-state index contributed by atoms with van der Waals surface area (Å²) in [6.07, 6.45) is 1.01. The van der Waals surface area contributed by atoms with E-state index in [1.54, 1.807) is 0 Å². The second kappa shape index (κ2) is 9.25. The molecule has 0 atom stereocenters. The molecule has 2 aromatic rings. The fraction of sp³-hybridized carbons (Fsp3) is 0.409. The van der Waals surface area contributed by atoms with Crippen LogP contribution in [0.2, 0.25) is 5.02 Å². The molecule has 4 nitrogen and oxygen atoms in total. The van der Waals surface area contributed by atoms with E-state index in [1.165, 1.54) is 11.1 Å². The van der Waals surface area contributed by atoms with Gasteiger partial charge in [-0.3, -0.25) is 4.90 Å². The number of nitrogens with one attached hydrogen (secondary N) is 1. The molecular formula is C22H28ClN3O. The van der Waals surface area contributed by atoms with Gasteiger partial charge in [0.05, 0.1) is 0 Å². The van der Waals surface area contributed by atoms with Crippen molar-refractivity contribution in [2.75, 3.05) is 38.0 Å². The molecule has 1 heterocycles. The van der Waals surface area contributed by atoms with Crippen LogP contribution in [0.5, 0.6) is 0 Å². The van der Waals surface area contributed by atoms with Gasteiger partial charge in [0.15, 0.2) is 0 Å². The van der Waals surface area contributed by atoms with Crippen molar-refractivity contribution < 1.29 is 4.79 Å². The molecule has 27 heavy (non-hydrogen) atoms. The molecule has 1 aliphatic rings. The number of nitrogens with zero attached hydrogens (tertiary/aromatic N) is 2. The van der Waals surface area contributed by atoms with Crippen LogP contribution in [0.1, 0.15) is 30.9 Å². The molecule has 2 aromatic carbocycles. The zero-order valence-electron chi connectivity index (χ0n) is 16.1. The number of carbonyl (C=O) groups excluding carboxylic acids is 1. The van der Waals surface area contributed by atoms with Crippen molar-refractivity contribution >= 4 is 23.3 Å². The van der Waals surface area contributed by atoms with E-state index in [0.717, 1.165) is 49.9 Å². The number of anilines is 1. The summed E-state index contributed by atoms with van der Waals surface area (Å²) in [6.45, 7) is 8.68. The van der Waals surface area contributed by atoms with Gasteiger partial charge in [-0.25, -0.2) is 4.79 Å². The molecule has 144 valence electrons. The molecule has 0 aromatic heterocycles. The highest BCUT2D eigenvalue weighted by molar-refractivity contribution is 6.30. The molecule has 1 fully saturated rings. The quantitative estimate of drug-likeness (QED) is 0.798. The summed E-state index contributed by atoms with van der Waals surface area (Å²) in [4.78, 5) is 16.8. The van der Waals surface area contributed by atoms with E-state index < -0.39 is 0 Å². The number of halogens is 1. The SMILES string of the molecule is CC(C)c1ccc(NC(=O)N2CCN(CCc3ccc(Cl)cc3)CC2)cc1. The fourth-order valence-corrected chi connectivity index (χ4v) is 3.39. The highest BCUT2D eigenvalue weighted by Crippen LogP contribution is 2.18. The van der Waals surface area contributed by atoms with E-state index in [1.807, 2.05) is 29.2 Å². The number of carbonyl (C=O) groups is 1. The third-order valence-corrected chi connectivity index (χ3v) is 5.37. The maximum Gasteiger partial charge on any atom is 0.321 e. The average Bonchev–Trinajstić information content (AvgIpc) is 2.68. The zero-order valence-corrected chi connectivity index (χ0v) is 16.9. The van der Waals surface area contributed by atoms with E-state index in [9.17, 15) is 4.79 Å². The van der Waals surface area contributed by atoms with E-state index in [2.05, 4.69) is 48.3 Å². The van der Waals surface area contributed by atoms with Crippen molar-refractivity contribution in [1.29, 1.82) is 0 Å². The van der Waals surface area contributed by atoms with Crippen molar-refractivity contribution in [3.63, 3.8) is 0 Å². The Balaban J connectivity index is 1.42. The first-order chi connectivity index (χ1) is 13.0. The van der Waals surface area contributed by atoms with Crippen molar-refractivity contribution in [2.24, 2.45) is 0 Å². The summed E-state index contributed by atoms with van der Waals surface area (Å²) >= 11 is 5.93. The second-order valence-corrected chi connectivity index (χ2v) is 7.85. The lowest BCUT2D eigenvalue weighted by Crippen LogP contribution is -2.50. The lowest BCUT2D eigenvalue weighted by atomic mass is 10.0. The van der Waals surface area contributed by atoms with Gasteiger partial charge in [-0.05, 0) is 47.7 Å². The van der Waals surface area contributed by atoms with Crippen molar-refractivity contribution in [2.45, 2.75) is 26.2 Å². The largest absolute Gasteiger partial charge is 0.322 e. The van der Waals surface area contributed by atoms with E-state index in [0.29, 0.717) is 5.92 Å². The third-order valence-electron chi connectivity index (χ3n) is 5.12. The smallest absolute Gasteiger partial charge is 0.321 e. The number of rotatable bonds is 5. The number of piperazine rings is 1. The lowest BCUT2D eigenvalue weighted by Gasteiger charge is -2.34. The molecule has 0 saturated carbocycles. The third kappa shape index (κ3) is 5.72. The minimum absolute atomic E-state index is 0.00959. The molecule has 1 aliphatic heterocycles. The first-order valence-corrected chi connectivity index (χ1v) is 10.0. The number of hydrogen-bond acceptors (Lipinski definition) is 2. The lowest BCUT2D eigenvalue weighted by molar-refractivity contribution is 0.148. The minimum Gasteiger partial charge on any atom is -0.322 e. The molecule has 1 saturated heterocycles. The molecule has 0 unspecified atom stereocenters. The first kappa shape index (κ1) is 19.7. The van der Waals surface area contributed by atoms with Gasteiger partial charge in [0.25, 0.3) is 0 Å². The maximum absolute atomic E-state index is 12.5. The number of benzene rings is 2. The van der Waals surface area contributed by atoms with Gasteiger partial charge in [0.1, 0.15) is 0 Å². The van der Waals surface area contributed by atoms with Crippen LogP contribution in [0.3, 0.4) is 0 Å². The van der Waals surface area contributed by atoms with Crippen LogP contribution in [-0.2, 0) is 6.42 Å². The Morgan fingerprint density at radius 2 is 1.63 bits per heavy atom.